The molecule has 0 aromatic carbocycles. The summed E-state index contributed by atoms with van der Waals surface area (Å²) in [6.07, 6.45) is 1.49. The van der Waals surface area contributed by atoms with Crippen LogP contribution in [0.2, 0.25) is 0 Å². The van der Waals surface area contributed by atoms with Crippen molar-refractivity contribution in [2.24, 2.45) is 10.4 Å². The van der Waals surface area contributed by atoms with Crippen molar-refractivity contribution in [1.82, 2.24) is 15.5 Å². The first-order valence-electron chi connectivity index (χ1n) is 8.17. The van der Waals surface area contributed by atoms with Crippen LogP contribution < -0.4 is 10.6 Å². The lowest BCUT2D eigenvalue weighted by atomic mass is 9.65. The maximum absolute atomic E-state index is 11.8. The van der Waals surface area contributed by atoms with Gasteiger partial charge >= 0.3 is 0 Å². The molecule has 1 aliphatic heterocycles. The van der Waals surface area contributed by atoms with Gasteiger partial charge in [-0.05, 0) is 32.9 Å². The van der Waals surface area contributed by atoms with Crippen molar-refractivity contribution in [3.63, 3.8) is 0 Å². The van der Waals surface area contributed by atoms with Crippen LogP contribution in [0.25, 0.3) is 0 Å². The molecule has 2 rings (SSSR count). The molecule has 1 fully saturated rings. The molecule has 0 spiro atoms. The molecule has 0 bridgehead atoms. The van der Waals surface area contributed by atoms with Crippen LogP contribution in [-0.4, -0.2) is 48.5 Å². The van der Waals surface area contributed by atoms with Gasteiger partial charge in [-0.15, -0.1) is 0 Å². The number of likely N-dealkylation sites (tertiary alicyclic amines) is 1. The van der Waals surface area contributed by atoms with Crippen LogP contribution in [0.4, 0.5) is 0 Å². The summed E-state index contributed by atoms with van der Waals surface area (Å²) in [6.45, 7) is 13.9. The van der Waals surface area contributed by atoms with E-state index in [1.54, 1.807) is 12.1 Å². The molecule has 0 saturated carbocycles. The van der Waals surface area contributed by atoms with Gasteiger partial charge in [0.2, 0.25) is 0 Å². The van der Waals surface area contributed by atoms with E-state index in [1.807, 2.05) is 0 Å². The minimum absolute atomic E-state index is 0.0609. The minimum atomic E-state index is -0.208. The highest BCUT2D eigenvalue weighted by Crippen LogP contribution is 2.46. The molecule has 23 heavy (non-hydrogen) atoms. The molecule has 1 aromatic rings. The minimum Gasteiger partial charge on any atom is -0.459 e. The van der Waals surface area contributed by atoms with Crippen molar-refractivity contribution >= 4 is 11.9 Å². The standard InChI is InChI=1S/C17H28N4O2/c1-6-18-15(21-12-16(2,3)17(21,4)5)20-10-9-19-14(22)13-8-7-11-23-13/h7-8,11H,6,9-10,12H2,1-5H3,(H,18,20)(H,19,22). The van der Waals surface area contributed by atoms with E-state index < -0.39 is 0 Å². The van der Waals surface area contributed by atoms with Gasteiger partial charge in [0.05, 0.1) is 12.8 Å². The number of hydrogen-bond acceptors (Lipinski definition) is 3. The zero-order valence-corrected chi connectivity index (χ0v) is 14.8. The van der Waals surface area contributed by atoms with Gasteiger partial charge in [0.25, 0.3) is 5.91 Å². The molecule has 1 amide bonds. The number of rotatable bonds is 5. The predicted molar refractivity (Wildman–Crippen MR) is 91.6 cm³/mol. The Balaban J connectivity index is 1.89. The summed E-state index contributed by atoms with van der Waals surface area (Å²) < 4.78 is 5.06. The van der Waals surface area contributed by atoms with Gasteiger partial charge in [-0.25, -0.2) is 0 Å². The van der Waals surface area contributed by atoms with Crippen molar-refractivity contribution < 1.29 is 9.21 Å². The van der Waals surface area contributed by atoms with E-state index in [0.717, 1.165) is 19.0 Å². The Kier molecular flexibility index (Phi) is 5.02. The molecule has 128 valence electrons. The summed E-state index contributed by atoms with van der Waals surface area (Å²) >= 11 is 0. The van der Waals surface area contributed by atoms with Crippen molar-refractivity contribution in [3.05, 3.63) is 24.2 Å². The molecule has 0 aliphatic carbocycles. The summed E-state index contributed by atoms with van der Waals surface area (Å²) in [4.78, 5) is 18.7. The van der Waals surface area contributed by atoms with Crippen LogP contribution in [0, 0.1) is 5.41 Å². The third kappa shape index (κ3) is 3.51. The topological polar surface area (TPSA) is 69.9 Å². The van der Waals surface area contributed by atoms with Crippen molar-refractivity contribution in [2.75, 3.05) is 26.2 Å². The van der Waals surface area contributed by atoms with Gasteiger partial charge in [0, 0.05) is 30.6 Å². The highest BCUT2D eigenvalue weighted by molar-refractivity contribution is 5.91. The van der Waals surface area contributed by atoms with Gasteiger partial charge in [-0.2, -0.15) is 0 Å². The SMILES string of the molecule is CCNC(=NCCNC(=O)c1ccco1)N1CC(C)(C)C1(C)C. The summed E-state index contributed by atoms with van der Waals surface area (Å²) in [5.41, 5.74) is 0.322. The third-order valence-corrected chi connectivity index (χ3v) is 4.88. The van der Waals surface area contributed by atoms with E-state index in [1.165, 1.54) is 6.26 Å². The van der Waals surface area contributed by atoms with Gasteiger partial charge in [0.1, 0.15) is 0 Å². The summed E-state index contributed by atoms with van der Waals surface area (Å²) in [5, 5.41) is 6.15. The molecular weight excluding hydrogens is 292 g/mol. The first-order valence-corrected chi connectivity index (χ1v) is 8.17. The molecule has 0 unspecified atom stereocenters. The average molecular weight is 320 g/mol. The van der Waals surface area contributed by atoms with Crippen LogP contribution in [0.15, 0.2) is 27.8 Å². The predicted octanol–water partition coefficient (Wildman–Crippen LogP) is 2.10. The number of carbonyl (C=O) groups excluding carboxylic acids is 1. The van der Waals surface area contributed by atoms with E-state index in [-0.39, 0.29) is 16.9 Å². The number of nitrogens with zero attached hydrogens (tertiary/aromatic N) is 2. The Morgan fingerprint density at radius 2 is 2.09 bits per heavy atom. The third-order valence-electron chi connectivity index (χ3n) is 4.88. The molecule has 6 heteroatoms. The molecule has 6 nitrogen and oxygen atoms in total. The number of amides is 1. The lowest BCUT2D eigenvalue weighted by molar-refractivity contribution is -0.0667. The van der Waals surface area contributed by atoms with E-state index in [9.17, 15) is 4.79 Å². The maximum atomic E-state index is 11.8. The second kappa shape index (κ2) is 6.64. The second-order valence-electron chi connectivity index (χ2n) is 7.00. The molecule has 1 aromatic heterocycles. The van der Waals surface area contributed by atoms with Crippen molar-refractivity contribution in [1.29, 1.82) is 0 Å². The van der Waals surface area contributed by atoms with Crippen LogP contribution in [0.3, 0.4) is 0 Å². The summed E-state index contributed by atoms with van der Waals surface area (Å²) in [6, 6.07) is 3.34. The normalized spacial score (nSPS) is 19.2. The number of nitrogens with one attached hydrogen (secondary N) is 2. The molecule has 2 heterocycles. The molecule has 1 aliphatic rings. The van der Waals surface area contributed by atoms with E-state index >= 15 is 0 Å². The van der Waals surface area contributed by atoms with Gasteiger partial charge in [0.15, 0.2) is 11.7 Å². The first-order chi connectivity index (χ1) is 10.8. The van der Waals surface area contributed by atoms with Crippen LogP contribution in [0.5, 0.6) is 0 Å². The van der Waals surface area contributed by atoms with Crippen molar-refractivity contribution in [2.45, 2.75) is 40.2 Å². The Labute approximate surface area is 138 Å². The number of aliphatic imine (C=N–C) groups is 1. The van der Waals surface area contributed by atoms with Gasteiger partial charge in [-0.1, -0.05) is 13.8 Å². The van der Waals surface area contributed by atoms with E-state index in [2.05, 4.69) is 55.1 Å². The average Bonchev–Trinajstić information content (AvgIpc) is 3.02. The quantitative estimate of drug-likeness (QED) is 0.495. The van der Waals surface area contributed by atoms with Gasteiger partial charge in [-0.3, -0.25) is 9.79 Å². The molecule has 0 radical (unpaired) electrons. The highest BCUT2D eigenvalue weighted by Gasteiger charge is 2.53. The number of furan rings is 1. The largest absolute Gasteiger partial charge is 0.459 e. The summed E-state index contributed by atoms with van der Waals surface area (Å²) in [5.74, 6) is 1.02. The highest BCUT2D eigenvalue weighted by atomic mass is 16.3. The zero-order valence-electron chi connectivity index (χ0n) is 14.8. The number of hydrogen-bond donors (Lipinski definition) is 2. The number of guanidine groups is 1. The van der Waals surface area contributed by atoms with Crippen LogP contribution in [0.1, 0.15) is 45.2 Å². The molecular formula is C17H28N4O2. The van der Waals surface area contributed by atoms with E-state index in [4.69, 9.17) is 4.42 Å². The summed E-state index contributed by atoms with van der Waals surface area (Å²) in [7, 11) is 0. The maximum Gasteiger partial charge on any atom is 0.287 e. The number of carbonyl (C=O) groups is 1. The Hall–Kier alpha value is -1.98. The smallest absolute Gasteiger partial charge is 0.287 e. The van der Waals surface area contributed by atoms with Crippen LogP contribution >= 0.6 is 0 Å². The Morgan fingerprint density at radius 3 is 2.61 bits per heavy atom. The molecule has 1 saturated heterocycles. The lowest BCUT2D eigenvalue weighted by Gasteiger charge is -2.62. The van der Waals surface area contributed by atoms with Crippen molar-refractivity contribution in [3.8, 4) is 0 Å². The molecule has 0 atom stereocenters. The Bertz CT molecular complexity index is 561. The van der Waals surface area contributed by atoms with Crippen LogP contribution in [-0.2, 0) is 0 Å². The zero-order chi connectivity index (χ0) is 17.1. The lowest BCUT2D eigenvalue weighted by Crippen LogP contribution is -2.72. The second-order valence-corrected chi connectivity index (χ2v) is 7.00. The fourth-order valence-electron chi connectivity index (χ4n) is 2.62. The van der Waals surface area contributed by atoms with E-state index in [0.29, 0.717) is 18.8 Å². The Morgan fingerprint density at radius 1 is 1.35 bits per heavy atom. The van der Waals surface area contributed by atoms with Gasteiger partial charge < -0.3 is 20.0 Å². The molecule has 2 N–H and O–H groups in total. The fourth-order valence-corrected chi connectivity index (χ4v) is 2.62. The monoisotopic (exact) mass is 320 g/mol. The fraction of sp³-hybridized carbons (Fsp3) is 0.647. The first kappa shape index (κ1) is 17.4.